The minimum atomic E-state index is -0.787. The van der Waals surface area contributed by atoms with E-state index in [2.05, 4.69) is 73.3 Å². The molecule has 5 aromatic rings. The minimum Gasteiger partial charge on any atom is -0.0836 e. The van der Waals surface area contributed by atoms with Gasteiger partial charge in [-0.2, -0.15) is 0 Å². The second kappa shape index (κ2) is 4.63. The molecule has 1 aliphatic rings. The fourth-order valence-electron chi connectivity index (χ4n) is 4.60. The molecule has 0 radical (unpaired) electrons. The molecule has 0 amide bonds. The second-order valence-corrected chi connectivity index (χ2v) is 9.68. The van der Waals surface area contributed by atoms with Gasteiger partial charge in [-0.3, -0.25) is 0 Å². The van der Waals surface area contributed by atoms with E-state index in [0.29, 0.717) is 0 Å². The molecule has 5 aromatic carbocycles. The Morgan fingerprint density at radius 1 is 0.680 bits per heavy atom. The Hall–Kier alpha value is -2.35. The van der Waals surface area contributed by atoms with Crippen LogP contribution in [0.15, 0.2) is 66.7 Å². The molecule has 2 heteroatoms. The van der Waals surface area contributed by atoms with Crippen LogP contribution in [0, 0.1) is 0 Å². The average Bonchev–Trinajstić information content (AvgIpc) is 2.65. The van der Waals surface area contributed by atoms with Crippen LogP contribution >= 0.6 is 11.6 Å². The third-order valence-electron chi connectivity index (χ3n) is 5.72. The van der Waals surface area contributed by atoms with Crippen LogP contribution in [0.4, 0.5) is 0 Å². The summed E-state index contributed by atoms with van der Waals surface area (Å²) in [5, 5.41) is 11.8. The van der Waals surface area contributed by atoms with Gasteiger partial charge < -0.3 is 0 Å². The number of hydrogen-bond acceptors (Lipinski definition) is 0. The molecule has 0 saturated heterocycles. The molecule has 0 spiro atoms. The molecule has 25 heavy (non-hydrogen) atoms. The van der Waals surface area contributed by atoms with Gasteiger partial charge >= 0.3 is 8.80 Å². The molecule has 0 N–H and O–H groups in total. The highest BCUT2D eigenvalue weighted by atomic mass is 35.5. The van der Waals surface area contributed by atoms with E-state index in [4.69, 9.17) is 11.6 Å². The summed E-state index contributed by atoms with van der Waals surface area (Å²) < 4.78 is 0. The van der Waals surface area contributed by atoms with E-state index in [1.165, 1.54) is 53.8 Å². The summed E-state index contributed by atoms with van der Waals surface area (Å²) in [6.45, 7) is 2.42. The molecule has 0 aromatic heterocycles. The third kappa shape index (κ3) is 1.63. The van der Waals surface area contributed by atoms with Crippen molar-refractivity contribution in [3.8, 4) is 11.1 Å². The molecule has 0 fully saturated rings. The molecule has 0 atom stereocenters. The predicted octanol–water partition coefficient (Wildman–Crippen LogP) is 5.46. The molecule has 1 aliphatic heterocycles. The van der Waals surface area contributed by atoms with Gasteiger partial charge in [-0.15, -0.1) is 0 Å². The summed E-state index contributed by atoms with van der Waals surface area (Å²) >= 11 is 6.75. The van der Waals surface area contributed by atoms with Crippen molar-refractivity contribution in [1.82, 2.24) is 0 Å². The maximum atomic E-state index is 6.75. The van der Waals surface area contributed by atoms with Crippen LogP contribution in [0.1, 0.15) is 0 Å². The van der Waals surface area contributed by atoms with Gasteiger partial charge in [0.2, 0.25) is 0 Å². The predicted molar refractivity (Wildman–Crippen MR) is 111 cm³/mol. The van der Waals surface area contributed by atoms with Crippen LogP contribution in [0.5, 0.6) is 0 Å². The van der Waals surface area contributed by atoms with Gasteiger partial charge in [-0.05, 0) is 39.9 Å². The second-order valence-electron chi connectivity index (χ2n) is 6.94. The molecule has 1 heterocycles. The Labute approximate surface area is 152 Å². The monoisotopic (exact) mass is 353 g/mol. The molecule has 0 nitrogen and oxygen atoms in total. The lowest BCUT2D eigenvalue weighted by atomic mass is 9.89. The highest BCUT2D eigenvalue weighted by molar-refractivity contribution is 6.88. The van der Waals surface area contributed by atoms with E-state index in [1.807, 2.05) is 0 Å². The van der Waals surface area contributed by atoms with Crippen molar-refractivity contribution in [2.45, 2.75) is 6.55 Å². The first-order chi connectivity index (χ1) is 12.2. The Bertz CT molecular complexity index is 1320. The maximum absolute atomic E-state index is 6.75. The lowest BCUT2D eigenvalue weighted by molar-refractivity contribution is 1.68. The van der Waals surface area contributed by atoms with Gasteiger partial charge in [0.25, 0.3) is 0 Å². The van der Waals surface area contributed by atoms with Crippen molar-refractivity contribution in [1.29, 1.82) is 0 Å². The van der Waals surface area contributed by atoms with E-state index in [0.717, 1.165) is 5.02 Å². The highest BCUT2D eigenvalue weighted by Gasteiger charge is 2.38. The molecule has 0 saturated carbocycles. The quantitative estimate of drug-likeness (QED) is 0.256. The summed E-state index contributed by atoms with van der Waals surface area (Å²) in [6, 6.07) is 24.5. The fourth-order valence-corrected chi connectivity index (χ4v) is 7.14. The van der Waals surface area contributed by atoms with E-state index in [9.17, 15) is 0 Å². The summed E-state index contributed by atoms with van der Waals surface area (Å²) in [5.41, 5.74) is 2.67. The van der Waals surface area contributed by atoms with E-state index >= 15 is 0 Å². The Morgan fingerprint density at radius 3 is 2.44 bits per heavy atom. The van der Waals surface area contributed by atoms with Gasteiger partial charge in [0.1, 0.15) is 10.4 Å². The summed E-state index contributed by atoms with van der Waals surface area (Å²) in [5.74, 6) is 0. The lowest BCUT2D eigenvalue weighted by Crippen LogP contribution is -2.43. The average molecular weight is 354 g/mol. The first-order valence-corrected chi connectivity index (χ1v) is 11.0. The van der Waals surface area contributed by atoms with Crippen molar-refractivity contribution < 1.29 is 0 Å². The maximum Gasteiger partial charge on any atom is 0.388 e. The lowest BCUT2D eigenvalue weighted by Gasteiger charge is -2.21. The van der Waals surface area contributed by atoms with E-state index in [-0.39, 0.29) is 0 Å². The van der Waals surface area contributed by atoms with Gasteiger partial charge in [0.15, 0.2) is 0 Å². The van der Waals surface area contributed by atoms with Crippen molar-refractivity contribution in [3.05, 3.63) is 71.8 Å². The van der Waals surface area contributed by atoms with Crippen molar-refractivity contribution in [2.75, 3.05) is 0 Å². The van der Waals surface area contributed by atoms with Crippen LogP contribution in [0.2, 0.25) is 11.6 Å². The van der Waals surface area contributed by atoms with Gasteiger partial charge in [-0.25, -0.2) is 0 Å². The summed E-state index contributed by atoms with van der Waals surface area (Å²) in [6.07, 6.45) is 0. The fraction of sp³-hybridized carbons (Fsp3) is 0.0435. The zero-order valence-corrected chi connectivity index (χ0v) is 15.5. The van der Waals surface area contributed by atoms with Crippen molar-refractivity contribution in [2.24, 2.45) is 0 Å². The zero-order chi connectivity index (χ0) is 16.7. The molecule has 0 unspecified atom stereocenters. The number of rotatable bonds is 0. The normalized spacial score (nSPS) is 13.1. The molecular weight excluding hydrogens is 340 g/mol. The Morgan fingerprint density at radius 2 is 1.52 bits per heavy atom. The van der Waals surface area contributed by atoms with E-state index < -0.39 is 8.80 Å². The van der Waals surface area contributed by atoms with Gasteiger partial charge in [-0.1, -0.05) is 60.1 Å². The highest BCUT2D eigenvalue weighted by Crippen LogP contribution is 2.42. The van der Waals surface area contributed by atoms with Crippen LogP contribution in [-0.2, 0) is 0 Å². The molecule has 6 rings (SSSR count). The first kappa shape index (κ1) is 13.9. The van der Waals surface area contributed by atoms with Crippen LogP contribution in [0.3, 0.4) is 0 Å². The Kier molecular flexibility index (Phi) is 2.57. The van der Waals surface area contributed by atoms with Gasteiger partial charge in [0.05, 0.1) is 6.55 Å². The SMILES string of the molecule is C[Si+]1c2ccccc2-c2cc(Cl)c3ccc4cccc5cc1c2c3c45. The topological polar surface area (TPSA) is 0 Å². The standard InChI is InChI=1S/C23H14ClSi/c1-25-19-8-3-2-7-15(19)17-12-18(24)16-10-9-13-5-4-6-14-11-20(25)22(17)23(16)21(13)14/h2-12H,1H3/q+1. The molecule has 0 bridgehead atoms. The van der Waals surface area contributed by atoms with Crippen LogP contribution in [0.25, 0.3) is 43.4 Å². The van der Waals surface area contributed by atoms with Crippen molar-refractivity contribution in [3.63, 3.8) is 0 Å². The summed E-state index contributed by atoms with van der Waals surface area (Å²) in [7, 11) is -0.787. The van der Waals surface area contributed by atoms with Crippen LogP contribution < -0.4 is 10.4 Å². The smallest absolute Gasteiger partial charge is 0.0836 e. The number of halogens is 1. The number of hydrogen-bond donors (Lipinski definition) is 0. The number of fused-ring (bicyclic) bond motifs is 2. The largest absolute Gasteiger partial charge is 0.388 e. The zero-order valence-electron chi connectivity index (χ0n) is 13.7. The third-order valence-corrected chi connectivity index (χ3v) is 8.48. The van der Waals surface area contributed by atoms with E-state index in [1.54, 1.807) is 0 Å². The minimum absolute atomic E-state index is 0.787. The molecule has 116 valence electrons. The Balaban J connectivity index is 1.99. The summed E-state index contributed by atoms with van der Waals surface area (Å²) in [4.78, 5) is 0. The van der Waals surface area contributed by atoms with Crippen LogP contribution in [-0.4, -0.2) is 8.80 Å². The molecule has 0 aliphatic carbocycles. The number of benzene rings is 5. The van der Waals surface area contributed by atoms with Crippen molar-refractivity contribution >= 4 is 63.1 Å². The first-order valence-electron chi connectivity index (χ1n) is 8.58. The van der Waals surface area contributed by atoms with Gasteiger partial charge in [0, 0.05) is 26.7 Å². The molecular formula is C23H14ClSi+.